The van der Waals surface area contributed by atoms with E-state index in [1.807, 2.05) is 24.3 Å². The molecule has 19 heavy (non-hydrogen) atoms. The molecule has 2 rings (SSSR count). The highest BCUT2D eigenvalue weighted by molar-refractivity contribution is 5.91. The largest absolute Gasteiger partial charge is 0.458 e. The molecule has 0 unspecified atom stereocenters. The zero-order valence-corrected chi connectivity index (χ0v) is 10.4. The molecule has 0 saturated heterocycles. The second kappa shape index (κ2) is 6.66. The molecule has 0 saturated carbocycles. The number of esters is 1. The number of carbonyl (C=O) groups excluding carboxylic acids is 2. The van der Waals surface area contributed by atoms with E-state index in [4.69, 9.17) is 9.47 Å². The van der Waals surface area contributed by atoms with Crippen molar-refractivity contribution in [3.63, 3.8) is 0 Å². The Bertz CT molecular complexity index is 529. The van der Waals surface area contributed by atoms with E-state index in [9.17, 15) is 9.59 Å². The number of ether oxygens (including phenoxy) is 2. The molecule has 4 nitrogen and oxygen atoms in total. The van der Waals surface area contributed by atoms with E-state index in [0.29, 0.717) is 6.61 Å². The van der Waals surface area contributed by atoms with E-state index >= 15 is 0 Å². The zero-order chi connectivity index (χ0) is 13.5. The quantitative estimate of drug-likeness (QED) is 0.667. The zero-order valence-electron chi connectivity index (χ0n) is 10.4. The fourth-order valence-electron chi connectivity index (χ4n) is 1.64. The van der Waals surface area contributed by atoms with Gasteiger partial charge >= 0.3 is 5.97 Å². The van der Waals surface area contributed by atoms with Gasteiger partial charge in [-0.1, -0.05) is 36.4 Å². The van der Waals surface area contributed by atoms with Crippen LogP contribution in [0.2, 0.25) is 0 Å². The molecule has 0 aromatic heterocycles. The molecule has 0 bridgehead atoms. The average molecular weight is 258 g/mol. The van der Waals surface area contributed by atoms with Gasteiger partial charge in [0.1, 0.15) is 13.2 Å². The van der Waals surface area contributed by atoms with Crippen LogP contribution in [0, 0.1) is 0 Å². The third-order valence-corrected chi connectivity index (χ3v) is 2.62. The van der Waals surface area contributed by atoms with Crippen molar-refractivity contribution >= 4 is 11.8 Å². The lowest BCUT2D eigenvalue weighted by molar-refractivity contribution is -0.139. The normalized spacial score (nSPS) is 20.2. The summed E-state index contributed by atoms with van der Waals surface area (Å²) < 4.78 is 10.5. The molecule has 0 atom stereocenters. The van der Waals surface area contributed by atoms with Gasteiger partial charge in [0.2, 0.25) is 0 Å². The van der Waals surface area contributed by atoms with Crippen LogP contribution in [0.3, 0.4) is 0 Å². The molecule has 0 amide bonds. The van der Waals surface area contributed by atoms with Crippen LogP contribution in [-0.4, -0.2) is 18.4 Å². The Hall–Kier alpha value is -2.20. The van der Waals surface area contributed by atoms with Crippen LogP contribution in [0.5, 0.6) is 0 Å². The topological polar surface area (TPSA) is 52.6 Å². The van der Waals surface area contributed by atoms with Gasteiger partial charge in [-0.3, -0.25) is 4.79 Å². The first-order valence-corrected chi connectivity index (χ1v) is 5.94. The molecule has 0 spiro atoms. The fourth-order valence-corrected chi connectivity index (χ4v) is 1.64. The Labute approximate surface area is 111 Å². The van der Waals surface area contributed by atoms with Crippen molar-refractivity contribution in [3.05, 3.63) is 59.7 Å². The molecular formula is C15H14O4. The third kappa shape index (κ3) is 4.19. The molecule has 1 aromatic rings. The monoisotopic (exact) mass is 258 g/mol. The van der Waals surface area contributed by atoms with Gasteiger partial charge in [-0.15, -0.1) is 0 Å². The van der Waals surface area contributed by atoms with Crippen molar-refractivity contribution in [1.29, 1.82) is 0 Å². The molecule has 4 heteroatoms. The van der Waals surface area contributed by atoms with Crippen molar-refractivity contribution < 1.29 is 19.1 Å². The minimum absolute atomic E-state index is 0.0213. The van der Waals surface area contributed by atoms with Crippen LogP contribution in [0.4, 0.5) is 0 Å². The first-order valence-electron chi connectivity index (χ1n) is 5.94. The summed E-state index contributed by atoms with van der Waals surface area (Å²) in [5.41, 5.74) is 1.79. The molecule has 98 valence electrons. The molecule has 0 N–H and O–H groups in total. The highest BCUT2D eigenvalue weighted by Crippen LogP contribution is 2.12. The van der Waals surface area contributed by atoms with Crippen molar-refractivity contribution in [1.82, 2.24) is 0 Å². The lowest BCUT2D eigenvalue weighted by Crippen LogP contribution is -2.07. The van der Waals surface area contributed by atoms with Gasteiger partial charge in [-0.25, -0.2) is 4.79 Å². The maximum absolute atomic E-state index is 11.4. The number of cyclic esters (lactones) is 1. The Kier molecular flexibility index (Phi) is 4.64. The predicted molar refractivity (Wildman–Crippen MR) is 69.2 cm³/mol. The molecule has 0 radical (unpaired) electrons. The van der Waals surface area contributed by atoms with E-state index in [2.05, 4.69) is 0 Å². The van der Waals surface area contributed by atoms with E-state index in [1.165, 1.54) is 24.3 Å². The maximum atomic E-state index is 11.4. The second-order valence-electron chi connectivity index (χ2n) is 4.05. The Morgan fingerprint density at radius 2 is 1.53 bits per heavy atom. The van der Waals surface area contributed by atoms with Crippen LogP contribution >= 0.6 is 0 Å². The minimum Gasteiger partial charge on any atom is -0.458 e. The standard InChI is InChI=1S/C15H14O4/c16-14-7-3-4-8-15(17)19-10-13-6-2-1-5-12(13)9-18-11-14/h1-8H,9-11H2/b7-3+,8-4+. The van der Waals surface area contributed by atoms with Gasteiger partial charge in [-0.05, 0) is 17.2 Å². The number of carbonyl (C=O) groups is 2. The summed E-state index contributed by atoms with van der Waals surface area (Å²) >= 11 is 0. The molecule has 1 heterocycles. The minimum atomic E-state index is -0.438. The second-order valence-corrected chi connectivity index (χ2v) is 4.05. The van der Waals surface area contributed by atoms with Gasteiger partial charge in [0.15, 0.2) is 5.78 Å². The lowest BCUT2D eigenvalue weighted by atomic mass is 10.1. The first kappa shape index (κ1) is 13.2. The SMILES string of the molecule is O=C1/C=C/C=C/C(=O)OCc2ccccc2COC1. The number of allylic oxidation sites excluding steroid dienone is 2. The number of fused-ring (bicyclic) bond motifs is 1. The van der Waals surface area contributed by atoms with Crippen LogP contribution < -0.4 is 0 Å². The van der Waals surface area contributed by atoms with Gasteiger partial charge in [0, 0.05) is 6.08 Å². The molecule has 0 aliphatic carbocycles. The fraction of sp³-hybridized carbons (Fsp3) is 0.200. The van der Waals surface area contributed by atoms with E-state index in [1.54, 1.807) is 0 Å². The van der Waals surface area contributed by atoms with Gasteiger partial charge in [0.25, 0.3) is 0 Å². The van der Waals surface area contributed by atoms with E-state index in [-0.39, 0.29) is 19.0 Å². The summed E-state index contributed by atoms with van der Waals surface area (Å²) in [6.45, 7) is 0.536. The van der Waals surface area contributed by atoms with Crippen LogP contribution in [-0.2, 0) is 32.3 Å². The van der Waals surface area contributed by atoms with Crippen molar-refractivity contribution in [2.45, 2.75) is 13.2 Å². The lowest BCUT2D eigenvalue weighted by Gasteiger charge is -2.09. The van der Waals surface area contributed by atoms with Crippen LogP contribution in [0.15, 0.2) is 48.6 Å². The maximum Gasteiger partial charge on any atom is 0.331 e. The van der Waals surface area contributed by atoms with Crippen molar-refractivity contribution in [3.8, 4) is 0 Å². The van der Waals surface area contributed by atoms with Gasteiger partial charge < -0.3 is 9.47 Å². The Balaban J connectivity index is 2.18. The predicted octanol–water partition coefficient (Wildman–Crippen LogP) is 1.94. The van der Waals surface area contributed by atoms with Crippen LogP contribution in [0.1, 0.15) is 11.1 Å². The van der Waals surface area contributed by atoms with Gasteiger partial charge in [-0.2, -0.15) is 0 Å². The number of rotatable bonds is 0. The van der Waals surface area contributed by atoms with Gasteiger partial charge in [0.05, 0.1) is 6.61 Å². The molecule has 1 aliphatic rings. The van der Waals surface area contributed by atoms with Crippen molar-refractivity contribution in [2.75, 3.05) is 6.61 Å². The summed E-state index contributed by atoms with van der Waals surface area (Å²) in [6, 6.07) is 7.51. The molecule has 1 aromatic carbocycles. The Morgan fingerprint density at radius 1 is 0.842 bits per heavy atom. The van der Waals surface area contributed by atoms with Crippen LogP contribution in [0.25, 0.3) is 0 Å². The highest BCUT2D eigenvalue weighted by atomic mass is 16.5. The Morgan fingerprint density at radius 3 is 2.32 bits per heavy atom. The van der Waals surface area contributed by atoms with Crippen molar-refractivity contribution in [2.24, 2.45) is 0 Å². The number of benzene rings is 1. The summed E-state index contributed by atoms with van der Waals surface area (Å²) in [6.07, 6.45) is 5.63. The third-order valence-electron chi connectivity index (χ3n) is 2.62. The average Bonchev–Trinajstić information content (AvgIpc) is 2.43. The smallest absolute Gasteiger partial charge is 0.331 e. The first-order chi connectivity index (χ1) is 9.25. The van der Waals surface area contributed by atoms with E-state index < -0.39 is 5.97 Å². The summed E-state index contributed by atoms with van der Waals surface area (Å²) in [5.74, 6) is -0.582. The number of hydrogen-bond acceptors (Lipinski definition) is 4. The number of hydrogen-bond donors (Lipinski definition) is 0. The summed E-state index contributed by atoms with van der Waals surface area (Å²) in [7, 11) is 0. The molecule has 0 fully saturated rings. The highest BCUT2D eigenvalue weighted by Gasteiger charge is 2.06. The summed E-state index contributed by atoms with van der Waals surface area (Å²) in [4.78, 5) is 22.8. The van der Waals surface area contributed by atoms with E-state index in [0.717, 1.165) is 11.1 Å². The number of ketones is 1. The summed E-state index contributed by atoms with van der Waals surface area (Å²) in [5, 5.41) is 0. The molecular weight excluding hydrogens is 244 g/mol. The molecule has 1 aliphatic heterocycles.